The Bertz CT molecular complexity index is 1170. The molecule has 5 nitrogen and oxygen atoms in total. The molecule has 2 heterocycles. The van der Waals surface area contributed by atoms with Gasteiger partial charge in [0.05, 0.1) is 18.6 Å². The number of likely N-dealkylation sites (tertiary alicyclic amines) is 1. The third-order valence-corrected chi connectivity index (χ3v) is 7.68. The van der Waals surface area contributed by atoms with Crippen molar-refractivity contribution in [1.29, 1.82) is 0 Å². The Labute approximate surface area is 213 Å². The molecule has 2 atom stereocenters. The number of amides is 2. The first-order valence-electron chi connectivity index (χ1n) is 12.9. The van der Waals surface area contributed by atoms with Gasteiger partial charge in [-0.15, -0.1) is 0 Å². The van der Waals surface area contributed by atoms with Gasteiger partial charge in [-0.2, -0.15) is 0 Å². The van der Waals surface area contributed by atoms with Crippen LogP contribution in [0.15, 0.2) is 84.9 Å². The second-order valence-electron chi connectivity index (χ2n) is 9.87. The second kappa shape index (κ2) is 11.1. The molecule has 0 unspecified atom stereocenters. The van der Waals surface area contributed by atoms with Gasteiger partial charge in [0.1, 0.15) is 0 Å². The molecule has 0 aliphatic carbocycles. The quantitative estimate of drug-likeness (QED) is 0.471. The Balaban J connectivity index is 1.43. The van der Waals surface area contributed by atoms with Crippen LogP contribution in [-0.4, -0.2) is 55.0 Å². The molecule has 1 saturated heterocycles. The summed E-state index contributed by atoms with van der Waals surface area (Å²) in [5.74, 6) is 0.218. The van der Waals surface area contributed by atoms with Gasteiger partial charge in [-0.25, -0.2) is 0 Å². The summed E-state index contributed by atoms with van der Waals surface area (Å²) in [6.07, 6.45) is 3.05. The van der Waals surface area contributed by atoms with Crippen LogP contribution in [0.25, 0.3) is 0 Å². The number of hydrogen-bond donors (Lipinski definition) is 0. The highest BCUT2D eigenvalue weighted by atomic mass is 16.5. The largest absolute Gasteiger partial charge is 0.383 e. The van der Waals surface area contributed by atoms with Crippen molar-refractivity contribution in [2.75, 3.05) is 33.4 Å². The van der Waals surface area contributed by atoms with Gasteiger partial charge in [0.15, 0.2) is 0 Å². The zero-order valence-corrected chi connectivity index (χ0v) is 20.9. The van der Waals surface area contributed by atoms with Crippen molar-refractivity contribution in [3.63, 3.8) is 0 Å². The van der Waals surface area contributed by atoms with E-state index in [-0.39, 0.29) is 17.9 Å². The Morgan fingerprint density at radius 3 is 2.22 bits per heavy atom. The number of carbonyl (C=O) groups excluding carboxylic acids is 2. The van der Waals surface area contributed by atoms with Crippen molar-refractivity contribution in [3.8, 4) is 0 Å². The zero-order chi connectivity index (χ0) is 24.9. The highest BCUT2D eigenvalue weighted by molar-refractivity contribution is 6.01. The van der Waals surface area contributed by atoms with Crippen LogP contribution < -0.4 is 0 Å². The van der Waals surface area contributed by atoms with Gasteiger partial charge < -0.3 is 14.5 Å². The fourth-order valence-corrected chi connectivity index (χ4v) is 5.82. The summed E-state index contributed by atoms with van der Waals surface area (Å²) in [4.78, 5) is 31.7. The van der Waals surface area contributed by atoms with Crippen molar-refractivity contribution in [2.45, 2.75) is 31.2 Å². The zero-order valence-electron chi connectivity index (χ0n) is 20.9. The number of rotatable bonds is 7. The van der Waals surface area contributed by atoms with Gasteiger partial charge >= 0.3 is 0 Å². The molecule has 0 spiro atoms. The molecule has 0 aromatic heterocycles. The molecule has 0 N–H and O–H groups in total. The molecule has 186 valence electrons. The molecule has 5 rings (SSSR count). The number of benzene rings is 3. The smallest absolute Gasteiger partial charge is 0.254 e. The Morgan fingerprint density at radius 1 is 0.889 bits per heavy atom. The molecule has 2 aliphatic heterocycles. The summed E-state index contributed by atoms with van der Waals surface area (Å²) in [5.41, 5.74) is 3.80. The van der Waals surface area contributed by atoms with Crippen molar-refractivity contribution in [2.24, 2.45) is 5.92 Å². The lowest BCUT2D eigenvalue weighted by atomic mass is 9.78. The lowest BCUT2D eigenvalue weighted by Crippen LogP contribution is -2.50. The maximum atomic E-state index is 14.2. The lowest BCUT2D eigenvalue weighted by molar-refractivity contribution is -0.136. The van der Waals surface area contributed by atoms with Crippen molar-refractivity contribution < 1.29 is 14.3 Å². The van der Waals surface area contributed by atoms with Crippen LogP contribution in [0.5, 0.6) is 0 Å². The highest BCUT2D eigenvalue weighted by Crippen LogP contribution is 2.44. The second-order valence-corrected chi connectivity index (χ2v) is 9.87. The molecule has 2 amide bonds. The van der Waals surface area contributed by atoms with E-state index in [2.05, 4.69) is 30.3 Å². The molecule has 1 fully saturated rings. The van der Waals surface area contributed by atoms with Crippen LogP contribution in [0.1, 0.15) is 51.8 Å². The summed E-state index contributed by atoms with van der Waals surface area (Å²) in [5, 5.41) is 0. The fraction of sp³-hybridized carbons (Fsp3) is 0.355. The van der Waals surface area contributed by atoms with E-state index in [1.54, 1.807) is 7.11 Å². The van der Waals surface area contributed by atoms with E-state index in [4.69, 9.17) is 4.74 Å². The number of fused-ring (bicyclic) bond motifs is 1. The summed E-state index contributed by atoms with van der Waals surface area (Å²) >= 11 is 0. The van der Waals surface area contributed by atoms with Gasteiger partial charge in [0, 0.05) is 32.3 Å². The van der Waals surface area contributed by atoms with Crippen molar-refractivity contribution >= 4 is 11.8 Å². The first-order valence-corrected chi connectivity index (χ1v) is 12.9. The lowest BCUT2D eigenvalue weighted by Gasteiger charge is -2.44. The van der Waals surface area contributed by atoms with Crippen LogP contribution in [0.2, 0.25) is 0 Å². The number of ether oxygens (including phenoxy) is 1. The molecule has 3 aromatic rings. The van der Waals surface area contributed by atoms with E-state index < -0.39 is 5.92 Å². The van der Waals surface area contributed by atoms with Crippen LogP contribution >= 0.6 is 0 Å². The fourth-order valence-electron chi connectivity index (χ4n) is 5.82. The van der Waals surface area contributed by atoms with Gasteiger partial charge in [0.25, 0.3) is 5.91 Å². The molecule has 5 heteroatoms. The molecular weight excluding hydrogens is 448 g/mol. The third kappa shape index (κ3) is 4.93. The number of carbonyl (C=O) groups is 2. The SMILES string of the molecule is COCCN1C(=O)c2ccccc2[C@@H](C(=O)N2CCC(Cc3ccccc3)CC2)[C@@H]1c1ccccc1. The van der Waals surface area contributed by atoms with E-state index in [0.717, 1.165) is 43.5 Å². The Hall–Kier alpha value is -3.44. The van der Waals surface area contributed by atoms with E-state index >= 15 is 0 Å². The van der Waals surface area contributed by atoms with Crippen LogP contribution in [0.3, 0.4) is 0 Å². The number of piperidine rings is 1. The van der Waals surface area contributed by atoms with Gasteiger partial charge in [-0.1, -0.05) is 78.9 Å². The highest BCUT2D eigenvalue weighted by Gasteiger charge is 2.45. The third-order valence-electron chi connectivity index (χ3n) is 7.68. The first kappa shape index (κ1) is 24.3. The van der Waals surface area contributed by atoms with Crippen LogP contribution in [0.4, 0.5) is 0 Å². The average molecular weight is 483 g/mol. The maximum Gasteiger partial charge on any atom is 0.254 e. The number of hydrogen-bond acceptors (Lipinski definition) is 3. The van der Waals surface area contributed by atoms with E-state index in [1.165, 1.54) is 5.56 Å². The molecule has 0 saturated carbocycles. The van der Waals surface area contributed by atoms with Crippen LogP contribution in [0, 0.1) is 5.92 Å². The molecule has 3 aromatic carbocycles. The first-order chi connectivity index (χ1) is 17.7. The summed E-state index contributed by atoms with van der Waals surface area (Å²) < 4.78 is 5.35. The molecule has 2 aliphatic rings. The van der Waals surface area contributed by atoms with E-state index in [9.17, 15) is 9.59 Å². The summed E-state index contributed by atoms with van der Waals surface area (Å²) in [6.45, 7) is 2.36. The monoisotopic (exact) mass is 482 g/mol. The minimum atomic E-state index is -0.441. The minimum absolute atomic E-state index is 0.0397. The molecule has 0 bridgehead atoms. The number of nitrogens with zero attached hydrogens (tertiary/aromatic N) is 2. The predicted octanol–water partition coefficient (Wildman–Crippen LogP) is 5.10. The van der Waals surface area contributed by atoms with Crippen molar-refractivity contribution in [3.05, 3.63) is 107 Å². The minimum Gasteiger partial charge on any atom is -0.383 e. The van der Waals surface area contributed by atoms with E-state index in [0.29, 0.717) is 24.6 Å². The van der Waals surface area contributed by atoms with Crippen LogP contribution in [-0.2, 0) is 16.0 Å². The van der Waals surface area contributed by atoms with Gasteiger partial charge in [-0.05, 0) is 47.9 Å². The Morgan fingerprint density at radius 2 is 1.53 bits per heavy atom. The molecule has 0 radical (unpaired) electrons. The predicted molar refractivity (Wildman–Crippen MR) is 141 cm³/mol. The standard InChI is InChI=1S/C31H34N2O3/c1-36-21-20-33-29(25-12-6-3-7-13-25)28(26-14-8-9-15-27(26)30(33)34)31(35)32-18-16-24(17-19-32)22-23-10-4-2-5-11-23/h2-15,24,28-29H,16-22H2,1H3/t28-,29+/m1/s1. The molecule has 36 heavy (non-hydrogen) atoms. The van der Waals surface area contributed by atoms with Crippen molar-refractivity contribution in [1.82, 2.24) is 9.80 Å². The Kier molecular flexibility index (Phi) is 7.47. The van der Waals surface area contributed by atoms with E-state index in [1.807, 2.05) is 64.4 Å². The maximum absolute atomic E-state index is 14.2. The topological polar surface area (TPSA) is 49.9 Å². The number of methoxy groups -OCH3 is 1. The summed E-state index contributed by atoms with van der Waals surface area (Å²) in [6, 6.07) is 27.9. The molecular formula is C31H34N2O3. The van der Waals surface area contributed by atoms with Gasteiger partial charge in [0.2, 0.25) is 5.91 Å². The normalized spacial score (nSPS) is 20.3. The summed E-state index contributed by atoms with van der Waals surface area (Å²) in [7, 11) is 1.64. The average Bonchev–Trinajstić information content (AvgIpc) is 2.93. The van der Waals surface area contributed by atoms with Gasteiger partial charge in [-0.3, -0.25) is 9.59 Å².